The summed E-state index contributed by atoms with van der Waals surface area (Å²) in [6.07, 6.45) is 4.68. The topological polar surface area (TPSA) is 3.24 Å². The molecule has 120 valence electrons. The molecule has 0 aliphatic carbocycles. The Morgan fingerprint density at radius 2 is 1.48 bits per heavy atom. The van der Waals surface area contributed by atoms with Gasteiger partial charge in [0, 0.05) is 18.3 Å². The largest absolute Gasteiger partial charge is 0.371 e. The highest BCUT2D eigenvalue weighted by atomic mass is 15.2. The molecular formula is C22H27N. The number of rotatable bonds is 4. The molecule has 1 aliphatic rings. The lowest BCUT2D eigenvalue weighted by molar-refractivity contribution is 0.300. The van der Waals surface area contributed by atoms with Crippen molar-refractivity contribution >= 4 is 0 Å². The molecule has 0 N–H and O–H groups in total. The Balaban J connectivity index is 2.25. The first-order chi connectivity index (χ1) is 11.3. The van der Waals surface area contributed by atoms with Crippen LogP contribution in [-0.2, 0) is 5.41 Å². The van der Waals surface area contributed by atoms with Crippen LogP contribution >= 0.6 is 0 Å². The van der Waals surface area contributed by atoms with Crippen LogP contribution in [0.15, 0.2) is 72.4 Å². The molecule has 0 spiro atoms. The Kier molecular flexibility index (Phi) is 4.56. The molecule has 1 nitrogen and oxygen atoms in total. The summed E-state index contributed by atoms with van der Waals surface area (Å²) in [5, 5.41) is 0. The summed E-state index contributed by atoms with van der Waals surface area (Å²) < 4.78 is 0. The van der Waals surface area contributed by atoms with Gasteiger partial charge in [0.1, 0.15) is 0 Å². The summed E-state index contributed by atoms with van der Waals surface area (Å²) >= 11 is 0. The Bertz CT molecular complexity index is 617. The Morgan fingerprint density at radius 3 is 1.87 bits per heavy atom. The Morgan fingerprint density at radius 1 is 0.957 bits per heavy atom. The maximum Gasteiger partial charge on any atom is 0.0616 e. The molecule has 0 radical (unpaired) electrons. The van der Waals surface area contributed by atoms with E-state index >= 15 is 0 Å². The van der Waals surface area contributed by atoms with E-state index in [2.05, 4.69) is 92.4 Å². The smallest absolute Gasteiger partial charge is 0.0616 e. The van der Waals surface area contributed by atoms with Crippen molar-refractivity contribution in [3.05, 3.63) is 83.6 Å². The van der Waals surface area contributed by atoms with E-state index in [-0.39, 0.29) is 5.41 Å². The molecule has 3 rings (SSSR count). The summed E-state index contributed by atoms with van der Waals surface area (Å²) in [6.45, 7) is 7.85. The fourth-order valence-electron chi connectivity index (χ4n) is 4.36. The lowest BCUT2D eigenvalue weighted by Crippen LogP contribution is -2.30. The van der Waals surface area contributed by atoms with Crippen molar-refractivity contribution in [2.75, 3.05) is 6.54 Å². The minimum atomic E-state index is -0.0199. The zero-order valence-electron chi connectivity index (χ0n) is 14.5. The van der Waals surface area contributed by atoms with Crippen molar-refractivity contribution in [3.8, 4) is 0 Å². The highest BCUT2D eigenvalue weighted by Gasteiger charge is 2.48. The molecule has 2 aromatic rings. The van der Waals surface area contributed by atoms with Gasteiger partial charge in [-0.2, -0.15) is 0 Å². The number of likely N-dealkylation sites (tertiary alicyclic amines) is 1. The average Bonchev–Trinajstić information content (AvgIpc) is 2.97. The number of hydrogen-bond acceptors (Lipinski definition) is 1. The van der Waals surface area contributed by atoms with Crippen LogP contribution in [0.25, 0.3) is 0 Å². The van der Waals surface area contributed by atoms with E-state index < -0.39 is 0 Å². The molecule has 0 aromatic heterocycles. The van der Waals surface area contributed by atoms with Crippen molar-refractivity contribution in [2.45, 2.75) is 45.1 Å². The summed E-state index contributed by atoms with van der Waals surface area (Å²) in [6, 6.07) is 22.7. The van der Waals surface area contributed by atoms with Crippen molar-refractivity contribution in [1.29, 1.82) is 0 Å². The number of likely N-dealkylation sites (N-methyl/N-ethyl adjacent to an activating group) is 1. The molecule has 0 bridgehead atoms. The van der Waals surface area contributed by atoms with Crippen molar-refractivity contribution in [2.24, 2.45) is 0 Å². The fraction of sp³-hybridized carbons (Fsp3) is 0.364. The fourth-order valence-corrected chi connectivity index (χ4v) is 4.36. The Hall–Kier alpha value is -2.02. The minimum absolute atomic E-state index is 0.0199. The number of nitrogens with zero attached hydrogens (tertiary/aromatic N) is 1. The van der Waals surface area contributed by atoms with Gasteiger partial charge in [-0.05, 0) is 37.8 Å². The molecule has 23 heavy (non-hydrogen) atoms. The van der Waals surface area contributed by atoms with E-state index in [0.717, 1.165) is 13.0 Å². The van der Waals surface area contributed by atoms with Gasteiger partial charge in [-0.25, -0.2) is 0 Å². The first-order valence-corrected chi connectivity index (χ1v) is 8.82. The van der Waals surface area contributed by atoms with Crippen LogP contribution in [0.3, 0.4) is 0 Å². The van der Waals surface area contributed by atoms with Crippen LogP contribution in [0.1, 0.15) is 44.7 Å². The van der Waals surface area contributed by atoms with E-state index in [1.54, 1.807) is 0 Å². The number of allylic oxidation sites excluding steroid dienone is 2. The van der Waals surface area contributed by atoms with Crippen molar-refractivity contribution in [1.82, 2.24) is 4.90 Å². The van der Waals surface area contributed by atoms with Crippen LogP contribution in [0.2, 0.25) is 0 Å². The van der Waals surface area contributed by atoms with Gasteiger partial charge in [0.05, 0.1) is 5.41 Å². The first-order valence-electron chi connectivity index (χ1n) is 8.82. The molecule has 0 amide bonds. The monoisotopic (exact) mass is 305 g/mol. The molecule has 1 aliphatic heterocycles. The van der Waals surface area contributed by atoms with E-state index in [4.69, 9.17) is 0 Å². The molecule has 2 aromatic carbocycles. The zero-order chi connectivity index (χ0) is 16.3. The van der Waals surface area contributed by atoms with Crippen LogP contribution in [0, 0.1) is 0 Å². The van der Waals surface area contributed by atoms with Crippen LogP contribution in [0.4, 0.5) is 0 Å². The van der Waals surface area contributed by atoms with E-state index in [0.29, 0.717) is 6.04 Å². The first kappa shape index (κ1) is 15.9. The molecule has 0 saturated carbocycles. The lowest BCUT2D eigenvalue weighted by atomic mass is 9.70. The molecule has 1 atom stereocenters. The second kappa shape index (κ2) is 6.62. The van der Waals surface area contributed by atoms with Gasteiger partial charge in [0.2, 0.25) is 0 Å². The normalized spacial score (nSPS) is 21.8. The third kappa shape index (κ3) is 2.49. The third-order valence-electron chi connectivity index (χ3n) is 5.35. The van der Waals surface area contributed by atoms with Crippen molar-refractivity contribution < 1.29 is 0 Å². The van der Waals surface area contributed by atoms with Crippen LogP contribution < -0.4 is 0 Å². The summed E-state index contributed by atoms with van der Waals surface area (Å²) in [5.41, 5.74) is 4.26. The maximum atomic E-state index is 2.61. The van der Waals surface area contributed by atoms with Gasteiger partial charge in [0.25, 0.3) is 0 Å². The average molecular weight is 305 g/mol. The van der Waals surface area contributed by atoms with E-state index in [9.17, 15) is 0 Å². The predicted molar refractivity (Wildman–Crippen MR) is 98.5 cm³/mol. The zero-order valence-corrected chi connectivity index (χ0v) is 14.5. The highest BCUT2D eigenvalue weighted by Crippen LogP contribution is 2.51. The number of hydrogen-bond donors (Lipinski definition) is 0. The Labute approximate surface area is 140 Å². The SMILES string of the molecule is C/C=C1\N(CC)C(CC)CC1(c1ccccc1)c1ccccc1. The van der Waals surface area contributed by atoms with Crippen LogP contribution in [0.5, 0.6) is 0 Å². The quantitative estimate of drug-likeness (QED) is 0.733. The number of benzene rings is 2. The van der Waals surface area contributed by atoms with Gasteiger partial charge in [0.15, 0.2) is 0 Å². The molecule has 1 heteroatoms. The van der Waals surface area contributed by atoms with Gasteiger partial charge < -0.3 is 4.90 Å². The predicted octanol–water partition coefficient (Wildman–Crippen LogP) is 5.38. The lowest BCUT2D eigenvalue weighted by Gasteiger charge is -2.34. The molecule has 1 fully saturated rings. The molecule has 1 unspecified atom stereocenters. The van der Waals surface area contributed by atoms with Gasteiger partial charge in [-0.15, -0.1) is 0 Å². The van der Waals surface area contributed by atoms with Gasteiger partial charge >= 0.3 is 0 Å². The molecule has 1 saturated heterocycles. The maximum absolute atomic E-state index is 2.61. The van der Waals surface area contributed by atoms with Crippen molar-refractivity contribution in [3.63, 3.8) is 0 Å². The van der Waals surface area contributed by atoms with Crippen LogP contribution in [-0.4, -0.2) is 17.5 Å². The second-order valence-corrected chi connectivity index (χ2v) is 6.36. The van der Waals surface area contributed by atoms with E-state index in [1.165, 1.54) is 23.2 Å². The van der Waals surface area contributed by atoms with Gasteiger partial charge in [-0.1, -0.05) is 73.7 Å². The summed E-state index contributed by atoms with van der Waals surface area (Å²) in [7, 11) is 0. The molecule has 1 heterocycles. The molecular weight excluding hydrogens is 278 g/mol. The standard InChI is InChI=1S/C22H27N/c1-4-20-17-22(18-13-9-7-10-14-18,19-15-11-8-12-16-19)21(5-2)23(20)6-3/h5,7-16,20H,4,6,17H2,1-3H3/b21-5-. The minimum Gasteiger partial charge on any atom is -0.371 e. The highest BCUT2D eigenvalue weighted by molar-refractivity contribution is 5.50. The third-order valence-corrected chi connectivity index (χ3v) is 5.35. The second-order valence-electron chi connectivity index (χ2n) is 6.36. The summed E-state index contributed by atoms with van der Waals surface area (Å²) in [4.78, 5) is 2.61. The van der Waals surface area contributed by atoms with Gasteiger partial charge in [-0.3, -0.25) is 0 Å². The van der Waals surface area contributed by atoms with E-state index in [1.807, 2.05) is 0 Å². The summed E-state index contributed by atoms with van der Waals surface area (Å²) in [5.74, 6) is 0.